The van der Waals surface area contributed by atoms with Gasteiger partial charge in [-0.3, -0.25) is 0 Å². The largest absolute Gasteiger partial charge is 0.462 e. The van der Waals surface area contributed by atoms with Gasteiger partial charge in [0, 0.05) is 44.7 Å². The zero-order chi connectivity index (χ0) is 67.4. The number of hydrogen-bond acceptors (Lipinski definition) is 26. The molecule has 9 heterocycles. The highest BCUT2D eigenvalue weighted by Gasteiger charge is 2.48. The van der Waals surface area contributed by atoms with Gasteiger partial charge in [0.1, 0.15) is 121 Å². The molecule has 28 heteroatoms. The standard InChI is InChI=1S/C68H72N4O24/c73-25-45-53(77)57(81)61(85)65(93-45)89-33-9-1-29(2-10-33)49-37-17-19-39(69-37)50(30-3-11-34(12-4-30)90-66-62(86)58(82)54(78)46(26-74)94-66)41-21-23-43(71-41)52(32-7-15-36(16-8-32)92-68-64(88)60(84)56(80)48(28-76)96-68)44-24-22-42(72-44)51(40-20-18-38(49)70-40)31-5-13-35(14-6-31)91-67-63(87)59(83)55(79)47(27-75)95-67/h1-21,23,45-48,53-69,72-88H,22,24-28H2/t45-,46-,47-,48-,53-,54-,55-,56-,57+,58+,59+,60+,61-,62-,63-,64-,65-,66-,67-,68-/m1/s1. The van der Waals surface area contributed by atoms with Crippen LogP contribution in [0.15, 0.2) is 109 Å². The lowest BCUT2D eigenvalue weighted by Gasteiger charge is -2.39. The summed E-state index contributed by atoms with van der Waals surface area (Å²) < 4.78 is 46.6. The first-order chi connectivity index (χ1) is 46.3. The number of fused-ring (bicyclic) bond motifs is 8. The molecule has 508 valence electrons. The van der Waals surface area contributed by atoms with Crippen molar-refractivity contribution in [1.29, 1.82) is 0 Å². The second-order valence-corrected chi connectivity index (χ2v) is 24.2. The third-order valence-corrected chi connectivity index (χ3v) is 18.0. The van der Waals surface area contributed by atoms with Crippen LogP contribution in [0.4, 0.5) is 0 Å². The van der Waals surface area contributed by atoms with E-state index in [2.05, 4.69) is 9.97 Å². The van der Waals surface area contributed by atoms with Crippen LogP contribution in [-0.4, -0.2) is 251 Å². The van der Waals surface area contributed by atoms with Crippen molar-refractivity contribution in [1.82, 2.24) is 19.9 Å². The number of aromatic amines is 2. The van der Waals surface area contributed by atoms with Crippen molar-refractivity contribution in [3.05, 3.63) is 143 Å². The Balaban J connectivity index is 0.978. The van der Waals surface area contributed by atoms with Gasteiger partial charge < -0.3 is 130 Å². The summed E-state index contributed by atoms with van der Waals surface area (Å²) in [5, 5.41) is 167. The van der Waals surface area contributed by atoms with Gasteiger partial charge in [-0.1, -0.05) is 48.5 Å². The number of aryl methyl sites for hydroxylation is 2. The number of nitrogens with one attached hydrogen (secondary N) is 2. The Bertz CT molecular complexity index is 3760. The molecule has 6 aromatic rings. The van der Waals surface area contributed by atoms with Crippen molar-refractivity contribution in [3.8, 4) is 67.5 Å². The molecule has 4 fully saturated rings. The molecule has 96 heavy (non-hydrogen) atoms. The van der Waals surface area contributed by atoms with Crippen LogP contribution in [-0.2, 0) is 31.8 Å². The third kappa shape index (κ3) is 12.9. The van der Waals surface area contributed by atoms with E-state index in [1.807, 2.05) is 36.4 Å². The van der Waals surface area contributed by atoms with Crippen LogP contribution in [0.1, 0.15) is 34.2 Å². The number of aromatic nitrogens is 4. The van der Waals surface area contributed by atoms with E-state index in [4.69, 9.17) is 47.9 Å². The minimum absolute atomic E-state index is 0.201. The quantitative estimate of drug-likeness (QED) is 0.0582. The van der Waals surface area contributed by atoms with Crippen molar-refractivity contribution in [3.63, 3.8) is 0 Å². The zero-order valence-corrected chi connectivity index (χ0v) is 50.8. The van der Waals surface area contributed by atoms with Gasteiger partial charge in [0.05, 0.1) is 49.2 Å². The molecule has 7 aliphatic rings. The van der Waals surface area contributed by atoms with Gasteiger partial charge in [0.2, 0.25) is 25.2 Å². The lowest BCUT2D eigenvalue weighted by molar-refractivity contribution is -0.277. The van der Waals surface area contributed by atoms with Crippen molar-refractivity contribution in [2.45, 2.75) is 136 Å². The first kappa shape index (κ1) is 66.7. The van der Waals surface area contributed by atoms with Gasteiger partial charge >= 0.3 is 0 Å². The Morgan fingerprint density at radius 3 is 0.792 bits per heavy atom. The summed E-state index contributed by atoms with van der Waals surface area (Å²) in [6.45, 7) is -2.63. The van der Waals surface area contributed by atoms with E-state index < -0.39 is 149 Å². The second-order valence-electron chi connectivity index (χ2n) is 24.2. The Morgan fingerprint density at radius 1 is 0.302 bits per heavy atom. The summed E-state index contributed by atoms with van der Waals surface area (Å²) in [4.78, 5) is 18.1. The van der Waals surface area contributed by atoms with Gasteiger partial charge in [-0.2, -0.15) is 0 Å². The highest BCUT2D eigenvalue weighted by Crippen LogP contribution is 2.42. The Labute approximate surface area is 545 Å². The highest BCUT2D eigenvalue weighted by atomic mass is 16.7. The SMILES string of the molecule is OC[C@H]1O[C@@H](Oc2ccc(-c3c4nc(c(-c5ccc(O[C@@H]6O[C@H](CO)[C@@H](O)[C@H](O)[C@H]6O)cc5)c5ccc([nH]5)c(-c5ccc(O[C@@H]6O[C@H](CO)[C@@H](O)[C@H](O)[C@H]6O)cc5)c5nc(c(-c6ccc(O[C@@H]7O[C@H](CO)[C@@H](O)[C@H](O)[C@H]7O)cc6)c6[nH]c3CC6)C=C5)C=C4)cc2)[C@H](O)[C@@H](O)[C@@H]1O. The van der Waals surface area contributed by atoms with E-state index in [0.29, 0.717) is 91.2 Å². The molecule has 8 bridgehead atoms. The van der Waals surface area contributed by atoms with Crippen LogP contribution in [0.25, 0.3) is 79.8 Å². The number of H-pyrrole nitrogens is 2. The molecule has 0 unspecified atom stereocenters. The first-order valence-corrected chi connectivity index (χ1v) is 31.1. The number of benzene rings is 4. The van der Waals surface area contributed by atoms with Crippen LogP contribution in [0.5, 0.6) is 23.0 Å². The van der Waals surface area contributed by atoms with Crippen LogP contribution < -0.4 is 18.9 Å². The second kappa shape index (κ2) is 27.9. The van der Waals surface area contributed by atoms with Crippen molar-refractivity contribution in [2.75, 3.05) is 26.4 Å². The molecule has 0 radical (unpaired) electrons. The number of hydrogen-bond donors (Lipinski definition) is 18. The summed E-state index contributed by atoms with van der Waals surface area (Å²) in [5.41, 5.74) is 9.60. The molecule has 0 saturated carbocycles. The summed E-state index contributed by atoms with van der Waals surface area (Å²) in [7, 11) is 0. The minimum atomic E-state index is -1.68. The van der Waals surface area contributed by atoms with Crippen molar-refractivity contribution in [2.24, 2.45) is 0 Å². The van der Waals surface area contributed by atoms with Crippen LogP contribution >= 0.6 is 0 Å². The fraction of sp³-hybridized carbons (Fsp3) is 0.382. The monoisotopic (exact) mass is 1330 g/mol. The summed E-state index contributed by atoms with van der Waals surface area (Å²) >= 11 is 0. The van der Waals surface area contributed by atoms with Gasteiger partial charge in [0.15, 0.2) is 0 Å². The normalized spacial score (nSPS) is 31.6. The van der Waals surface area contributed by atoms with E-state index >= 15 is 0 Å². The fourth-order valence-electron chi connectivity index (χ4n) is 12.7. The Morgan fingerprint density at radius 2 is 0.542 bits per heavy atom. The van der Waals surface area contributed by atoms with E-state index in [9.17, 15) is 81.7 Å². The molecule has 18 N–H and O–H groups in total. The zero-order valence-electron chi connectivity index (χ0n) is 50.8. The molecule has 2 aromatic heterocycles. The topological polar surface area (TPSA) is 455 Å². The summed E-state index contributed by atoms with van der Waals surface area (Å²) in [5.74, 6) is 0.824. The maximum absolute atomic E-state index is 10.9. The highest BCUT2D eigenvalue weighted by molar-refractivity contribution is 5.97. The van der Waals surface area contributed by atoms with E-state index in [1.165, 1.54) is 0 Å². The van der Waals surface area contributed by atoms with Gasteiger partial charge in [-0.25, -0.2) is 9.97 Å². The third-order valence-electron chi connectivity index (χ3n) is 18.0. The Kier molecular flexibility index (Phi) is 19.4. The number of aliphatic hydroxyl groups excluding tert-OH is 16. The first-order valence-electron chi connectivity index (χ1n) is 31.1. The average molecular weight is 1330 g/mol. The molecule has 0 aliphatic carbocycles. The number of nitrogens with zero attached hydrogens (tertiary/aromatic N) is 2. The molecule has 4 saturated heterocycles. The molecular weight excluding hydrogens is 1260 g/mol. The number of rotatable bonds is 16. The summed E-state index contributed by atoms with van der Waals surface area (Å²) in [6.07, 6.45) is -22.3. The molecule has 0 amide bonds. The smallest absolute Gasteiger partial charge is 0.229 e. The molecule has 13 rings (SSSR count). The maximum Gasteiger partial charge on any atom is 0.229 e. The fourth-order valence-corrected chi connectivity index (χ4v) is 12.7. The average Bonchev–Trinajstić information content (AvgIpc) is 1.66. The molecule has 28 nitrogen and oxygen atoms in total. The molecule has 0 spiro atoms. The van der Waals surface area contributed by atoms with Crippen LogP contribution in [0.2, 0.25) is 0 Å². The maximum atomic E-state index is 10.9. The lowest BCUT2D eigenvalue weighted by Crippen LogP contribution is -2.60. The van der Waals surface area contributed by atoms with Crippen molar-refractivity contribution < 1.29 is 120 Å². The van der Waals surface area contributed by atoms with E-state index in [0.717, 1.165) is 11.4 Å². The van der Waals surface area contributed by atoms with E-state index in [-0.39, 0.29) is 23.0 Å². The number of aliphatic hydroxyl groups is 16. The minimum Gasteiger partial charge on any atom is -0.462 e. The molecular formula is C68H72N4O24. The number of ether oxygens (including phenoxy) is 8. The van der Waals surface area contributed by atoms with Crippen molar-refractivity contribution >= 4 is 35.3 Å². The molecule has 20 atom stereocenters. The van der Waals surface area contributed by atoms with E-state index in [1.54, 1.807) is 97.1 Å². The van der Waals surface area contributed by atoms with Crippen LogP contribution in [0.3, 0.4) is 0 Å². The van der Waals surface area contributed by atoms with Crippen LogP contribution in [0, 0.1) is 0 Å². The molecule has 4 aromatic carbocycles. The van der Waals surface area contributed by atoms with Gasteiger partial charge in [-0.15, -0.1) is 0 Å². The predicted molar refractivity (Wildman–Crippen MR) is 337 cm³/mol. The summed E-state index contributed by atoms with van der Waals surface area (Å²) in [6, 6.07) is 30.9. The van der Waals surface area contributed by atoms with Gasteiger partial charge in [-0.05, 0) is 120 Å². The Hall–Kier alpha value is -7.86. The van der Waals surface area contributed by atoms with Gasteiger partial charge in [0.25, 0.3) is 0 Å². The predicted octanol–water partition coefficient (Wildman–Crippen LogP) is -0.454. The molecule has 7 aliphatic heterocycles. The lowest BCUT2D eigenvalue weighted by atomic mass is 9.98.